The van der Waals surface area contributed by atoms with Gasteiger partial charge < -0.3 is 5.48 Å². The van der Waals surface area contributed by atoms with Crippen LogP contribution in [0.4, 0.5) is 0 Å². The topological polar surface area (TPSA) is 31.5 Å². The lowest BCUT2D eigenvalue weighted by atomic mass is 10.4. The van der Waals surface area contributed by atoms with Gasteiger partial charge in [0.25, 0.3) is 0 Å². The van der Waals surface area contributed by atoms with E-state index in [0.717, 1.165) is 0 Å². The first-order valence-electron chi connectivity index (χ1n) is 2.00. The summed E-state index contributed by atoms with van der Waals surface area (Å²) in [6.07, 6.45) is 0. The Bertz CT molecular complexity index is 80.5. The summed E-state index contributed by atoms with van der Waals surface area (Å²) in [7, 11) is 0. The van der Waals surface area contributed by atoms with E-state index in [4.69, 9.17) is 0 Å². The Labute approximate surface area is 53.7 Å². The highest BCUT2D eigenvalue weighted by atomic mass is 28.1. The third-order valence-electron chi connectivity index (χ3n) is 0.667. The van der Waals surface area contributed by atoms with Gasteiger partial charge in [0.2, 0.25) is 0 Å². The minimum absolute atomic E-state index is 0. The van der Waals surface area contributed by atoms with Crippen molar-refractivity contribution in [3.63, 3.8) is 0 Å². The average Bonchev–Trinajstić information content (AvgIpc) is 1.72. The lowest BCUT2D eigenvalue weighted by molar-refractivity contribution is 0.824. The summed E-state index contributed by atoms with van der Waals surface area (Å²) in [5.41, 5.74) is 0. The molecule has 1 aromatic rings. The van der Waals surface area contributed by atoms with Gasteiger partial charge >= 0.3 is 0 Å². The molecule has 0 aliphatic heterocycles. The van der Waals surface area contributed by atoms with E-state index in [-0.39, 0.29) is 16.4 Å². The Kier molecular flexibility index (Phi) is 8.31. The van der Waals surface area contributed by atoms with Crippen molar-refractivity contribution < 1.29 is 5.48 Å². The Hall–Kier alpha value is -0.603. The molecule has 1 rings (SSSR count). The molecule has 0 atom stereocenters. The van der Waals surface area contributed by atoms with Crippen LogP contribution in [0, 0.1) is 0 Å². The first-order chi connectivity index (χ1) is 3.00. The van der Waals surface area contributed by atoms with Crippen LogP contribution in [-0.2, 0) is 0 Å². The Morgan fingerprint density at radius 1 is 0.500 bits per heavy atom. The number of benzene rings is 1. The van der Waals surface area contributed by atoms with Gasteiger partial charge in [0.1, 0.15) is 0 Å². The first-order valence-corrected chi connectivity index (χ1v) is 2.00. The summed E-state index contributed by atoms with van der Waals surface area (Å²) in [5, 5.41) is 0. The van der Waals surface area contributed by atoms with E-state index in [9.17, 15) is 0 Å². The third kappa shape index (κ3) is 3.58. The van der Waals surface area contributed by atoms with Crippen molar-refractivity contribution in [2.45, 2.75) is 0 Å². The van der Waals surface area contributed by atoms with Crippen LogP contribution < -0.4 is 0 Å². The molecule has 0 saturated heterocycles. The van der Waals surface area contributed by atoms with Crippen molar-refractivity contribution in [1.29, 1.82) is 0 Å². The molecule has 8 heavy (non-hydrogen) atoms. The Balaban J connectivity index is 0. The van der Waals surface area contributed by atoms with Gasteiger partial charge in [-0.2, -0.15) is 0 Å². The second-order valence-corrected chi connectivity index (χ2v) is 1.15. The molecule has 2 heteroatoms. The summed E-state index contributed by atoms with van der Waals surface area (Å²) in [6.45, 7) is 0. The van der Waals surface area contributed by atoms with E-state index in [0.29, 0.717) is 0 Å². The Morgan fingerprint density at radius 3 is 0.750 bits per heavy atom. The predicted octanol–water partition coefficient (Wildman–Crippen LogP) is -0.590. The monoisotopic (exact) mass is 128 g/mol. The van der Waals surface area contributed by atoms with Crippen LogP contribution >= 0.6 is 0 Å². The maximum atomic E-state index is 2.00. The fraction of sp³-hybridized carbons (Fsp3) is 0. The van der Waals surface area contributed by atoms with Crippen molar-refractivity contribution in [3.8, 4) is 0 Å². The molecule has 0 radical (unpaired) electrons. The summed E-state index contributed by atoms with van der Waals surface area (Å²) in [6, 6.07) is 12.0. The summed E-state index contributed by atoms with van der Waals surface area (Å²) in [5.74, 6) is 0. The van der Waals surface area contributed by atoms with Crippen molar-refractivity contribution in [2.24, 2.45) is 0 Å². The maximum Gasteiger partial charge on any atom is -0.0149 e. The highest BCUT2D eigenvalue weighted by Crippen LogP contribution is 1.79. The number of hydrogen-bond acceptors (Lipinski definition) is 0. The summed E-state index contributed by atoms with van der Waals surface area (Å²) < 4.78 is 0. The molecule has 0 fully saturated rings. The van der Waals surface area contributed by atoms with E-state index in [1.54, 1.807) is 0 Å². The van der Waals surface area contributed by atoms with E-state index >= 15 is 0 Å². The molecule has 0 heterocycles. The molecule has 0 saturated carbocycles. The Morgan fingerprint density at radius 2 is 0.625 bits per heavy atom. The van der Waals surface area contributed by atoms with E-state index in [2.05, 4.69) is 0 Å². The smallest absolute Gasteiger partial charge is 0.0149 e. The van der Waals surface area contributed by atoms with Gasteiger partial charge in [-0.25, -0.2) is 0 Å². The van der Waals surface area contributed by atoms with Crippen LogP contribution in [0.3, 0.4) is 0 Å². The third-order valence-corrected chi connectivity index (χ3v) is 0.667. The molecular weight excluding hydrogens is 116 g/mol. The first kappa shape index (κ1) is 10.4. The van der Waals surface area contributed by atoms with Crippen molar-refractivity contribution in [3.05, 3.63) is 36.4 Å². The molecule has 46 valence electrons. The fourth-order valence-corrected chi connectivity index (χ4v) is 0.385. The van der Waals surface area contributed by atoms with E-state index in [1.165, 1.54) is 0 Å². The van der Waals surface area contributed by atoms with Crippen LogP contribution in [0.5, 0.6) is 0 Å². The van der Waals surface area contributed by atoms with Crippen molar-refractivity contribution >= 4 is 11.0 Å². The zero-order valence-corrected chi connectivity index (χ0v) is 3.96. The molecule has 0 aliphatic carbocycles. The van der Waals surface area contributed by atoms with Crippen LogP contribution in [0.15, 0.2) is 36.4 Å². The highest BCUT2D eigenvalue weighted by Gasteiger charge is 1.57. The molecule has 0 spiro atoms. The largest absolute Gasteiger partial charge is 0.412 e. The fourth-order valence-electron chi connectivity index (χ4n) is 0.385. The van der Waals surface area contributed by atoms with Gasteiger partial charge in [0, 0.05) is 0 Å². The summed E-state index contributed by atoms with van der Waals surface area (Å²) >= 11 is 0. The molecular formula is C6H12OSi. The predicted molar refractivity (Wildman–Crippen MR) is 41.4 cm³/mol. The minimum Gasteiger partial charge on any atom is -0.412 e. The van der Waals surface area contributed by atoms with Crippen LogP contribution in [0.2, 0.25) is 0 Å². The molecule has 0 aliphatic rings. The van der Waals surface area contributed by atoms with Crippen molar-refractivity contribution in [2.75, 3.05) is 0 Å². The molecule has 0 bridgehead atoms. The van der Waals surface area contributed by atoms with Gasteiger partial charge in [0.15, 0.2) is 0 Å². The second-order valence-electron chi connectivity index (χ2n) is 1.15. The molecule has 0 amide bonds. The molecule has 0 unspecified atom stereocenters. The summed E-state index contributed by atoms with van der Waals surface area (Å²) in [4.78, 5) is 0. The zero-order chi connectivity index (χ0) is 4.24. The van der Waals surface area contributed by atoms with Crippen LogP contribution in [0.1, 0.15) is 0 Å². The van der Waals surface area contributed by atoms with Gasteiger partial charge in [-0.3, -0.25) is 0 Å². The van der Waals surface area contributed by atoms with Crippen molar-refractivity contribution in [1.82, 2.24) is 0 Å². The van der Waals surface area contributed by atoms with Gasteiger partial charge in [-0.05, 0) is 11.0 Å². The normalized spacial score (nSPS) is 6.00. The van der Waals surface area contributed by atoms with Gasteiger partial charge in [-0.15, -0.1) is 0 Å². The second kappa shape index (κ2) is 6.40. The standard InChI is InChI=1S/C6H6.H2O.H4Si/c1-2-4-6-5-3-1;;/h1-6H;1H2;1H4. The lowest BCUT2D eigenvalue weighted by Crippen LogP contribution is -1.47. The highest BCUT2D eigenvalue weighted by molar-refractivity contribution is 5.75. The molecule has 0 aromatic heterocycles. The van der Waals surface area contributed by atoms with Gasteiger partial charge in [0.05, 0.1) is 0 Å². The molecule has 1 nitrogen and oxygen atoms in total. The average molecular weight is 128 g/mol. The maximum absolute atomic E-state index is 2.00. The van der Waals surface area contributed by atoms with Crippen LogP contribution in [-0.4, -0.2) is 16.4 Å². The molecule has 1 aromatic carbocycles. The number of hydrogen-bond donors (Lipinski definition) is 0. The zero-order valence-electron chi connectivity index (χ0n) is 3.96. The van der Waals surface area contributed by atoms with Crippen LogP contribution in [0.25, 0.3) is 0 Å². The van der Waals surface area contributed by atoms with E-state index in [1.807, 2.05) is 36.4 Å². The molecule has 2 N–H and O–H groups in total. The van der Waals surface area contributed by atoms with Gasteiger partial charge in [-0.1, -0.05) is 36.4 Å². The number of rotatable bonds is 0. The van der Waals surface area contributed by atoms with E-state index < -0.39 is 0 Å². The lowest BCUT2D eigenvalue weighted by Gasteiger charge is -1.69. The quantitative estimate of drug-likeness (QED) is 0.418. The minimum atomic E-state index is 0. The SMILES string of the molecule is O.[SiH4].c1ccccc1.